The molecule has 4 heterocycles. The molecule has 2 saturated heterocycles. The van der Waals surface area contributed by atoms with Crippen molar-refractivity contribution in [3.8, 4) is 0 Å². The number of nitrogens with one attached hydrogen (secondary N) is 2. The SMILES string of the molecule is CN(CCCCCC1CC(c2cccc(F)c2)NN1)C(=O)C1CCN(c2ccc3nncn3n2)CC1. The van der Waals surface area contributed by atoms with Crippen LogP contribution in [-0.4, -0.2) is 63.3 Å². The molecule has 0 spiro atoms. The summed E-state index contributed by atoms with van der Waals surface area (Å²) >= 11 is 0. The zero-order chi connectivity index (χ0) is 24.9. The second-order valence-electron chi connectivity index (χ2n) is 10.0. The summed E-state index contributed by atoms with van der Waals surface area (Å²) in [5.74, 6) is 1.05. The van der Waals surface area contributed by atoms with Gasteiger partial charge in [-0.2, -0.15) is 4.52 Å². The highest BCUT2D eigenvalue weighted by atomic mass is 19.1. The van der Waals surface area contributed by atoms with Crippen LogP contribution in [0.25, 0.3) is 5.65 Å². The first-order valence-corrected chi connectivity index (χ1v) is 13.0. The molecule has 2 fully saturated rings. The van der Waals surface area contributed by atoms with Gasteiger partial charge in [0, 0.05) is 44.7 Å². The van der Waals surface area contributed by atoms with Gasteiger partial charge in [0.15, 0.2) is 5.65 Å². The smallest absolute Gasteiger partial charge is 0.225 e. The molecule has 2 aromatic heterocycles. The number of fused-ring (bicyclic) bond motifs is 1. The molecule has 1 amide bonds. The number of anilines is 1. The predicted octanol–water partition coefficient (Wildman–Crippen LogP) is 3.11. The van der Waals surface area contributed by atoms with Gasteiger partial charge >= 0.3 is 0 Å². The molecule has 192 valence electrons. The zero-order valence-corrected chi connectivity index (χ0v) is 20.8. The minimum absolute atomic E-state index is 0.0819. The summed E-state index contributed by atoms with van der Waals surface area (Å²) < 4.78 is 15.2. The fourth-order valence-corrected chi connectivity index (χ4v) is 5.33. The lowest BCUT2D eigenvalue weighted by atomic mass is 9.95. The first-order valence-electron chi connectivity index (χ1n) is 13.0. The Morgan fingerprint density at radius 2 is 2.00 bits per heavy atom. The number of amides is 1. The highest BCUT2D eigenvalue weighted by Crippen LogP contribution is 2.26. The first kappa shape index (κ1) is 24.6. The van der Waals surface area contributed by atoms with Crippen LogP contribution in [0.4, 0.5) is 10.2 Å². The number of benzene rings is 1. The summed E-state index contributed by atoms with van der Waals surface area (Å²) in [4.78, 5) is 17.1. The molecule has 0 saturated carbocycles. The molecule has 0 aliphatic carbocycles. The Balaban J connectivity index is 0.977. The molecule has 5 rings (SSSR count). The van der Waals surface area contributed by atoms with Crippen molar-refractivity contribution in [1.82, 2.24) is 35.6 Å². The molecule has 2 atom stereocenters. The molecule has 2 N–H and O–H groups in total. The van der Waals surface area contributed by atoms with E-state index in [1.807, 2.05) is 30.1 Å². The van der Waals surface area contributed by atoms with Crippen LogP contribution < -0.4 is 15.8 Å². The van der Waals surface area contributed by atoms with Gasteiger partial charge < -0.3 is 9.80 Å². The number of hydrogen-bond acceptors (Lipinski definition) is 7. The third kappa shape index (κ3) is 5.82. The normalized spacial score (nSPS) is 20.8. The van der Waals surface area contributed by atoms with Crippen molar-refractivity contribution in [2.45, 2.75) is 57.0 Å². The Hall–Kier alpha value is -3.11. The molecular formula is C26H35FN8O. The number of unbranched alkanes of at least 4 members (excludes halogenated alkanes) is 2. The van der Waals surface area contributed by atoms with Gasteiger partial charge in [0.25, 0.3) is 0 Å². The molecule has 36 heavy (non-hydrogen) atoms. The third-order valence-electron chi connectivity index (χ3n) is 7.47. The van der Waals surface area contributed by atoms with Gasteiger partial charge in [0.05, 0.1) is 0 Å². The average molecular weight is 495 g/mol. The molecule has 2 aliphatic heterocycles. The van der Waals surface area contributed by atoms with Crippen molar-refractivity contribution in [1.29, 1.82) is 0 Å². The highest BCUT2D eigenvalue weighted by Gasteiger charge is 2.28. The van der Waals surface area contributed by atoms with Crippen LogP contribution in [-0.2, 0) is 4.79 Å². The largest absolute Gasteiger partial charge is 0.355 e. The van der Waals surface area contributed by atoms with Crippen LogP contribution in [0.15, 0.2) is 42.7 Å². The van der Waals surface area contributed by atoms with Gasteiger partial charge in [0.2, 0.25) is 5.91 Å². The van der Waals surface area contributed by atoms with Crippen LogP contribution in [0.2, 0.25) is 0 Å². The van der Waals surface area contributed by atoms with Crippen LogP contribution in [0.1, 0.15) is 56.6 Å². The Morgan fingerprint density at radius 1 is 1.14 bits per heavy atom. The highest BCUT2D eigenvalue weighted by molar-refractivity contribution is 5.78. The predicted molar refractivity (Wildman–Crippen MR) is 136 cm³/mol. The molecule has 2 aliphatic rings. The molecule has 0 bridgehead atoms. The lowest BCUT2D eigenvalue weighted by Crippen LogP contribution is -2.42. The van der Waals surface area contributed by atoms with E-state index in [0.717, 1.165) is 81.6 Å². The number of carbonyl (C=O) groups excluding carboxylic acids is 1. The monoisotopic (exact) mass is 494 g/mol. The molecular weight excluding hydrogens is 459 g/mol. The Labute approximate surface area is 211 Å². The van der Waals surface area contributed by atoms with E-state index in [2.05, 4.69) is 31.0 Å². The fourth-order valence-electron chi connectivity index (χ4n) is 5.33. The van der Waals surface area contributed by atoms with Gasteiger partial charge in [-0.1, -0.05) is 25.0 Å². The number of rotatable bonds is 9. The zero-order valence-electron chi connectivity index (χ0n) is 20.8. The van der Waals surface area contributed by atoms with Crippen molar-refractivity contribution in [3.63, 3.8) is 0 Å². The van der Waals surface area contributed by atoms with Crippen molar-refractivity contribution < 1.29 is 9.18 Å². The van der Waals surface area contributed by atoms with Gasteiger partial charge in [-0.15, -0.1) is 15.3 Å². The summed E-state index contributed by atoms with van der Waals surface area (Å²) in [6.07, 6.45) is 8.55. The molecule has 9 nitrogen and oxygen atoms in total. The number of halogens is 1. The van der Waals surface area contributed by atoms with Crippen molar-refractivity contribution in [2.24, 2.45) is 5.92 Å². The van der Waals surface area contributed by atoms with Crippen molar-refractivity contribution >= 4 is 17.4 Å². The van der Waals surface area contributed by atoms with Crippen LogP contribution in [0.5, 0.6) is 0 Å². The van der Waals surface area contributed by atoms with Crippen LogP contribution in [0, 0.1) is 11.7 Å². The van der Waals surface area contributed by atoms with Gasteiger partial charge in [-0.25, -0.2) is 4.39 Å². The number of nitrogens with zero attached hydrogens (tertiary/aromatic N) is 6. The average Bonchev–Trinajstić information content (AvgIpc) is 3.57. The van der Waals surface area contributed by atoms with Gasteiger partial charge in [-0.05, 0) is 61.9 Å². The molecule has 2 unspecified atom stereocenters. The lowest BCUT2D eigenvalue weighted by molar-refractivity contribution is -0.134. The number of piperidine rings is 1. The number of hydrogen-bond donors (Lipinski definition) is 2. The van der Waals surface area contributed by atoms with E-state index >= 15 is 0 Å². The van der Waals surface area contributed by atoms with Crippen LogP contribution >= 0.6 is 0 Å². The second kappa shape index (κ2) is 11.3. The summed E-state index contributed by atoms with van der Waals surface area (Å²) in [6, 6.07) is 11.2. The maximum Gasteiger partial charge on any atom is 0.225 e. The molecule has 10 heteroatoms. The summed E-state index contributed by atoms with van der Waals surface area (Å²) in [5, 5.41) is 12.4. The van der Waals surface area contributed by atoms with E-state index in [1.54, 1.807) is 23.0 Å². The Morgan fingerprint density at radius 3 is 2.83 bits per heavy atom. The van der Waals surface area contributed by atoms with E-state index in [1.165, 1.54) is 6.07 Å². The number of hydrazine groups is 1. The molecule has 0 radical (unpaired) electrons. The fraction of sp³-hybridized carbons (Fsp3) is 0.538. The van der Waals surface area contributed by atoms with E-state index in [0.29, 0.717) is 6.04 Å². The second-order valence-corrected chi connectivity index (χ2v) is 10.0. The van der Waals surface area contributed by atoms with Crippen LogP contribution in [0.3, 0.4) is 0 Å². The minimum atomic E-state index is -0.191. The van der Waals surface area contributed by atoms with E-state index in [-0.39, 0.29) is 23.7 Å². The standard InChI is InChI=1S/C26H35FN8O/c1-33(13-4-2-3-8-22-17-23(30-29-22)20-6-5-7-21(27)16-20)26(36)19-11-14-34(15-12-19)25-10-9-24-31-28-18-35(24)32-25/h5-7,9-10,16,18-19,22-23,29-30H,2-4,8,11-15,17H2,1H3. The number of aromatic nitrogens is 4. The van der Waals surface area contributed by atoms with Crippen molar-refractivity contribution in [3.05, 3.63) is 54.1 Å². The van der Waals surface area contributed by atoms with E-state index in [9.17, 15) is 9.18 Å². The maximum atomic E-state index is 13.5. The van der Waals surface area contributed by atoms with Gasteiger partial charge in [0.1, 0.15) is 18.0 Å². The lowest BCUT2D eigenvalue weighted by Gasteiger charge is -2.33. The summed E-state index contributed by atoms with van der Waals surface area (Å²) in [7, 11) is 1.93. The summed E-state index contributed by atoms with van der Waals surface area (Å²) in [5.41, 5.74) is 8.37. The topological polar surface area (TPSA) is 90.7 Å². The van der Waals surface area contributed by atoms with E-state index in [4.69, 9.17) is 0 Å². The Bertz CT molecular complexity index is 1160. The third-order valence-corrected chi connectivity index (χ3v) is 7.47. The maximum absolute atomic E-state index is 13.5. The van der Waals surface area contributed by atoms with E-state index < -0.39 is 0 Å². The molecule has 1 aromatic carbocycles. The first-order chi connectivity index (χ1) is 17.6. The van der Waals surface area contributed by atoms with Crippen molar-refractivity contribution in [2.75, 3.05) is 31.6 Å². The quantitative estimate of drug-likeness (QED) is 0.442. The van der Waals surface area contributed by atoms with Gasteiger partial charge in [-0.3, -0.25) is 15.6 Å². The summed E-state index contributed by atoms with van der Waals surface area (Å²) in [6.45, 7) is 2.45. The minimum Gasteiger partial charge on any atom is -0.355 e. The number of carbonyl (C=O) groups is 1. The Kier molecular flexibility index (Phi) is 7.72. The molecule has 3 aromatic rings.